The first-order chi connectivity index (χ1) is 22.0. The van der Waals surface area contributed by atoms with Crippen LogP contribution in [0.2, 0.25) is 0 Å². The molecule has 0 spiro atoms. The summed E-state index contributed by atoms with van der Waals surface area (Å²) < 4.78 is 35.3. The lowest BCUT2D eigenvalue weighted by atomic mass is 9.72. The Morgan fingerprint density at radius 2 is 1.85 bits per heavy atom. The smallest absolute Gasteiger partial charge is 0.202 e. The fraction of sp³-hybridized carbons (Fsp3) is 0.531. The van der Waals surface area contributed by atoms with Gasteiger partial charge in [0.2, 0.25) is 5.78 Å². The summed E-state index contributed by atoms with van der Waals surface area (Å²) in [6.07, 6.45) is -4.79. The lowest BCUT2D eigenvalue weighted by molar-refractivity contribution is -0.256. The standard InChI is InChI=1S/C32H35NO13/c1-13-29-16(33-7-8-43-31(42-3)30(33)46-29)9-20(44-13)45-18-11-32(40,19(35)12-34)10-15-22(18)28(39)24-23(26(15)37)25(36)14-5-4-6-17(41-2)21(14)27(24)38/h4-6,13,16,18,20,29-31,34,37,39-40H,7-12H2,1-3H3/t13?,16?,18-,20?,29?,30?,31-,32-/m0/s1. The molecule has 3 aliphatic heterocycles. The number of hydrogen-bond donors (Lipinski definition) is 4. The van der Waals surface area contributed by atoms with E-state index in [-0.39, 0.29) is 40.1 Å². The molecule has 3 heterocycles. The Bertz CT molecular complexity index is 1630. The van der Waals surface area contributed by atoms with Crippen LogP contribution in [0.4, 0.5) is 0 Å². The molecule has 0 bridgehead atoms. The zero-order valence-corrected chi connectivity index (χ0v) is 25.4. The SMILES string of the molecule is COc1cccc2c1C(=O)c1c(O)c3c(c(O)c1C2=O)C[C@@](O)(C(=O)CO)C[C@@H]3OC1CC2C(OC3[C@@H](OC)OCCN23)C(C)O1. The van der Waals surface area contributed by atoms with Gasteiger partial charge in [0, 0.05) is 55.6 Å². The average molecular weight is 642 g/mol. The van der Waals surface area contributed by atoms with Gasteiger partial charge in [-0.3, -0.25) is 19.3 Å². The first-order valence-corrected chi connectivity index (χ1v) is 15.1. The third-order valence-electron chi connectivity index (χ3n) is 9.84. The number of rotatable bonds is 6. The van der Waals surface area contributed by atoms with Crippen molar-refractivity contribution in [1.82, 2.24) is 4.90 Å². The lowest BCUT2D eigenvalue weighted by Crippen LogP contribution is -2.55. The molecule has 246 valence electrons. The minimum absolute atomic E-state index is 0.0353. The minimum Gasteiger partial charge on any atom is -0.507 e. The van der Waals surface area contributed by atoms with Gasteiger partial charge in [-0.25, -0.2) is 0 Å². The highest BCUT2D eigenvalue weighted by Crippen LogP contribution is 2.53. The molecule has 5 aliphatic rings. The molecule has 4 N–H and O–H groups in total. The molecule has 3 fully saturated rings. The molecule has 0 radical (unpaired) electrons. The summed E-state index contributed by atoms with van der Waals surface area (Å²) in [7, 11) is 2.88. The summed E-state index contributed by atoms with van der Waals surface area (Å²) >= 11 is 0. The van der Waals surface area contributed by atoms with Gasteiger partial charge in [0.25, 0.3) is 0 Å². The molecule has 0 saturated carbocycles. The molecule has 7 rings (SSSR count). The van der Waals surface area contributed by atoms with Crippen molar-refractivity contribution in [2.24, 2.45) is 0 Å². The fourth-order valence-corrected chi connectivity index (χ4v) is 7.69. The van der Waals surface area contributed by atoms with Crippen LogP contribution in [0.1, 0.15) is 68.8 Å². The van der Waals surface area contributed by atoms with Crippen molar-refractivity contribution in [1.29, 1.82) is 0 Å². The van der Waals surface area contributed by atoms with Crippen LogP contribution < -0.4 is 4.74 Å². The van der Waals surface area contributed by atoms with Gasteiger partial charge in [-0.1, -0.05) is 12.1 Å². The van der Waals surface area contributed by atoms with E-state index in [1.807, 2.05) is 6.92 Å². The highest BCUT2D eigenvalue weighted by Gasteiger charge is 2.55. The molecular weight excluding hydrogens is 606 g/mol. The van der Waals surface area contributed by atoms with Gasteiger partial charge < -0.3 is 48.8 Å². The van der Waals surface area contributed by atoms with Gasteiger partial charge >= 0.3 is 0 Å². The largest absolute Gasteiger partial charge is 0.507 e. The summed E-state index contributed by atoms with van der Waals surface area (Å²) in [4.78, 5) is 42.6. The quantitative estimate of drug-likeness (QED) is 0.275. The highest BCUT2D eigenvalue weighted by atomic mass is 16.7. The van der Waals surface area contributed by atoms with Crippen molar-refractivity contribution in [3.05, 3.63) is 51.6 Å². The number of aliphatic hydroxyl groups excluding tert-OH is 1. The molecule has 14 heteroatoms. The van der Waals surface area contributed by atoms with Crippen molar-refractivity contribution in [2.75, 3.05) is 34.0 Å². The summed E-state index contributed by atoms with van der Waals surface area (Å²) in [5.74, 6) is -3.61. The average Bonchev–Trinajstić information content (AvgIpc) is 3.43. The zero-order valence-electron chi connectivity index (χ0n) is 25.4. The van der Waals surface area contributed by atoms with Gasteiger partial charge in [0.05, 0.1) is 42.6 Å². The summed E-state index contributed by atoms with van der Waals surface area (Å²) in [6.45, 7) is 1.82. The van der Waals surface area contributed by atoms with Crippen LogP contribution in [0.3, 0.4) is 0 Å². The Labute approximate surface area is 263 Å². The Balaban J connectivity index is 1.30. The number of ketones is 3. The number of carbonyl (C=O) groups is 3. The van der Waals surface area contributed by atoms with E-state index in [1.54, 1.807) is 0 Å². The molecule has 5 unspecified atom stereocenters. The maximum Gasteiger partial charge on any atom is 0.202 e. The van der Waals surface area contributed by atoms with Crippen molar-refractivity contribution in [3.8, 4) is 17.2 Å². The van der Waals surface area contributed by atoms with Gasteiger partial charge in [-0.05, 0) is 13.0 Å². The maximum atomic E-state index is 13.9. The second-order valence-electron chi connectivity index (χ2n) is 12.3. The van der Waals surface area contributed by atoms with Crippen molar-refractivity contribution in [2.45, 2.75) is 74.9 Å². The number of Topliss-reactive ketones (excluding diaryl/α,β-unsaturated/α-hetero) is 1. The maximum absolute atomic E-state index is 13.9. The molecule has 2 aromatic rings. The van der Waals surface area contributed by atoms with Gasteiger partial charge in [-0.2, -0.15) is 0 Å². The van der Waals surface area contributed by atoms with E-state index in [9.17, 15) is 34.8 Å². The van der Waals surface area contributed by atoms with Gasteiger partial charge in [0.15, 0.2) is 30.4 Å². The number of nitrogens with zero attached hydrogens (tertiary/aromatic N) is 1. The lowest BCUT2D eigenvalue weighted by Gasteiger charge is -2.43. The van der Waals surface area contributed by atoms with Crippen molar-refractivity contribution >= 4 is 17.3 Å². The predicted molar refractivity (Wildman–Crippen MR) is 154 cm³/mol. The normalized spacial score (nSPS) is 33.5. The molecule has 14 nitrogen and oxygen atoms in total. The molecule has 2 aromatic carbocycles. The first-order valence-electron chi connectivity index (χ1n) is 15.1. The molecule has 0 amide bonds. The monoisotopic (exact) mass is 641 g/mol. The number of phenolic OH excluding ortho intramolecular Hbond substituents is 2. The second kappa shape index (κ2) is 11.3. The number of ether oxygens (including phenoxy) is 6. The third-order valence-corrected chi connectivity index (χ3v) is 9.84. The number of benzene rings is 2. The fourth-order valence-electron chi connectivity index (χ4n) is 7.69. The van der Waals surface area contributed by atoms with E-state index >= 15 is 0 Å². The number of hydrogen-bond acceptors (Lipinski definition) is 14. The molecular formula is C32H35NO13. The summed E-state index contributed by atoms with van der Waals surface area (Å²) in [5.41, 5.74) is -3.43. The Morgan fingerprint density at radius 1 is 1.09 bits per heavy atom. The molecule has 46 heavy (non-hydrogen) atoms. The third kappa shape index (κ3) is 4.51. The zero-order chi connectivity index (χ0) is 32.7. The minimum atomic E-state index is -2.23. The summed E-state index contributed by atoms with van der Waals surface area (Å²) in [5, 5.41) is 44.5. The number of methoxy groups -OCH3 is 2. The number of aromatic hydroxyl groups is 2. The van der Waals surface area contributed by atoms with Crippen LogP contribution in [-0.2, 0) is 34.9 Å². The van der Waals surface area contributed by atoms with Crippen LogP contribution in [-0.4, -0.2) is 119 Å². The van der Waals surface area contributed by atoms with E-state index in [4.69, 9.17) is 28.4 Å². The molecule has 8 atom stereocenters. The number of morpholine rings is 1. The van der Waals surface area contributed by atoms with E-state index in [0.29, 0.717) is 19.6 Å². The van der Waals surface area contributed by atoms with Crippen molar-refractivity contribution < 1.29 is 63.2 Å². The van der Waals surface area contributed by atoms with Gasteiger partial charge in [0.1, 0.15) is 35.6 Å². The van der Waals surface area contributed by atoms with E-state index < -0.39 is 96.0 Å². The topological polar surface area (TPSA) is 191 Å². The van der Waals surface area contributed by atoms with E-state index in [0.717, 1.165) is 0 Å². The van der Waals surface area contributed by atoms with Gasteiger partial charge in [-0.15, -0.1) is 0 Å². The van der Waals surface area contributed by atoms with Crippen LogP contribution in [0.15, 0.2) is 18.2 Å². The van der Waals surface area contributed by atoms with Crippen LogP contribution in [0.25, 0.3) is 0 Å². The van der Waals surface area contributed by atoms with Crippen LogP contribution >= 0.6 is 0 Å². The summed E-state index contributed by atoms with van der Waals surface area (Å²) in [6, 6.07) is 4.26. The second-order valence-corrected chi connectivity index (χ2v) is 12.3. The predicted octanol–water partition coefficient (Wildman–Crippen LogP) is 0.711. The number of carbonyl (C=O) groups excluding carboxylic acids is 3. The Hall–Kier alpha value is -3.47. The number of fused-ring (bicyclic) bond motifs is 6. The van der Waals surface area contributed by atoms with E-state index in [2.05, 4.69) is 4.90 Å². The van der Waals surface area contributed by atoms with E-state index in [1.165, 1.54) is 32.4 Å². The molecule has 3 saturated heterocycles. The highest BCUT2D eigenvalue weighted by molar-refractivity contribution is 6.31. The molecule has 0 aromatic heterocycles. The van der Waals surface area contributed by atoms with Crippen LogP contribution in [0.5, 0.6) is 17.2 Å². The number of aliphatic hydroxyl groups is 2. The van der Waals surface area contributed by atoms with Crippen LogP contribution in [0, 0.1) is 0 Å². The Kier molecular flexibility index (Phi) is 7.68. The Morgan fingerprint density at radius 3 is 2.57 bits per heavy atom. The van der Waals surface area contributed by atoms with Crippen molar-refractivity contribution in [3.63, 3.8) is 0 Å². The number of phenols is 2. The first kappa shape index (κ1) is 31.1. The molecule has 2 aliphatic carbocycles.